The number of ether oxygens (including phenoxy) is 1. The van der Waals surface area contributed by atoms with Crippen LogP contribution in [0.1, 0.15) is 57.2 Å². The summed E-state index contributed by atoms with van der Waals surface area (Å²) in [5.74, 6) is 0.102. The third-order valence-corrected chi connectivity index (χ3v) is 8.54. The quantitative estimate of drug-likeness (QED) is 0.403. The van der Waals surface area contributed by atoms with Gasteiger partial charge in [-0.2, -0.15) is 4.31 Å². The monoisotopic (exact) mass is 545 g/mol. The second-order valence-electron chi connectivity index (χ2n) is 9.95. The van der Waals surface area contributed by atoms with Gasteiger partial charge in [-0.15, -0.1) is 0 Å². The molecule has 0 bridgehead atoms. The molecule has 1 saturated heterocycles. The molecule has 1 heterocycles. The van der Waals surface area contributed by atoms with Crippen LogP contribution in [0, 0.1) is 0 Å². The third-order valence-electron chi connectivity index (χ3n) is 6.63. The number of hydrogen-bond acceptors (Lipinski definition) is 6. The SMILES string of the molecule is CC(=O)N1CCN(S(=O)(=O)c2ccc(C(C)C)cc2)CC1.COC(=O)C(C)(C)c1ccc(CNC=O)cc1. The minimum atomic E-state index is -3.46. The molecule has 9 nitrogen and oxygen atoms in total. The molecular weight excluding hydrogens is 506 g/mol. The predicted molar refractivity (Wildman–Crippen MR) is 146 cm³/mol. The molecule has 0 unspecified atom stereocenters. The minimum absolute atomic E-state index is 0.00617. The molecule has 0 radical (unpaired) electrons. The Morgan fingerprint density at radius 1 is 1.00 bits per heavy atom. The van der Waals surface area contributed by atoms with Crippen molar-refractivity contribution in [2.75, 3.05) is 33.3 Å². The van der Waals surface area contributed by atoms with Crippen molar-refractivity contribution in [3.05, 3.63) is 65.2 Å². The van der Waals surface area contributed by atoms with E-state index in [-0.39, 0.29) is 11.9 Å². The van der Waals surface area contributed by atoms with E-state index in [9.17, 15) is 22.8 Å². The van der Waals surface area contributed by atoms with E-state index in [1.54, 1.807) is 17.0 Å². The summed E-state index contributed by atoms with van der Waals surface area (Å²) in [6.07, 6.45) is 0.659. The molecule has 1 fully saturated rings. The Labute approximate surface area is 226 Å². The number of benzene rings is 2. The fourth-order valence-corrected chi connectivity index (χ4v) is 5.41. The molecule has 1 N–H and O–H groups in total. The number of amides is 2. The standard InChI is InChI=1S/C15H22N2O3S.C13H17NO3/c1-12(2)14-4-6-15(7-5-14)21(19,20)17-10-8-16(9-11-17)13(3)18;1-13(2,12(16)17-3)11-6-4-10(5-7-11)8-14-9-15/h4-7,12H,8-11H2,1-3H3;4-7,9H,8H2,1-3H3,(H,14,15). The van der Waals surface area contributed by atoms with Crippen molar-refractivity contribution in [2.45, 2.75) is 57.4 Å². The average Bonchev–Trinajstić information content (AvgIpc) is 2.92. The van der Waals surface area contributed by atoms with Gasteiger partial charge in [-0.05, 0) is 48.6 Å². The molecule has 0 aromatic heterocycles. The number of sulfonamides is 1. The minimum Gasteiger partial charge on any atom is -0.468 e. The lowest BCUT2D eigenvalue weighted by Gasteiger charge is -2.33. The van der Waals surface area contributed by atoms with E-state index in [4.69, 9.17) is 4.74 Å². The number of nitrogens with zero attached hydrogens (tertiary/aromatic N) is 2. The van der Waals surface area contributed by atoms with Gasteiger partial charge in [-0.3, -0.25) is 14.4 Å². The highest BCUT2D eigenvalue weighted by molar-refractivity contribution is 7.89. The maximum Gasteiger partial charge on any atom is 0.315 e. The van der Waals surface area contributed by atoms with Crippen LogP contribution in [0.25, 0.3) is 0 Å². The maximum atomic E-state index is 12.6. The van der Waals surface area contributed by atoms with E-state index >= 15 is 0 Å². The van der Waals surface area contributed by atoms with Gasteiger partial charge in [0, 0.05) is 39.6 Å². The third kappa shape index (κ3) is 7.88. The molecule has 38 heavy (non-hydrogen) atoms. The summed E-state index contributed by atoms with van der Waals surface area (Å²) in [6.45, 7) is 11.4. The second kappa shape index (κ2) is 13.5. The number of esters is 1. The van der Waals surface area contributed by atoms with Crippen molar-refractivity contribution < 1.29 is 27.5 Å². The first-order valence-corrected chi connectivity index (χ1v) is 14.0. The van der Waals surface area contributed by atoms with Crippen molar-refractivity contribution in [2.24, 2.45) is 0 Å². The Morgan fingerprint density at radius 2 is 1.55 bits per heavy atom. The normalized spacial score (nSPS) is 14.3. The summed E-state index contributed by atoms with van der Waals surface area (Å²) >= 11 is 0. The van der Waals surface area contributed by atoms with Gasteiger partial charge >= 0.3 is 5.97 Å². The van der Waals surface area contributed by atoms with Gasteiger partial charge in [0.15, 0.2) is 0 Å². The number of carbonyl (C=O) groups is 3. The van der Waals surface area contributed by atoms with Crippen molar-refractivity contribution in [3.8, 4) is 0 Å². The first-order chi connectivity index (χ1) is 17.8. The van der Waals surface area contributed by atoms with Crippen LogP contribution >= 0.6 is 0 Å². The highest BCUT2D eigenvalue weighted by Gasteiger charge is 2.31. The highest BCUT2D eigenvalue weighted by Crippen LogP contribution is 2.25. The Kier molecular flexibility index (Phi) is 11.0. The van der Waals surface area contributed by atoms with Gasteiger partial charge < -0.3 is 15.0 Å². The van der Waals surface area contributed by atoms with Gasteiger partial charge in [0.1, 0.15) is 0 Å². The molecule has 1 aliphatic rings. The molecular formula is C28H39N3O6S. The fourth-order valence-electron chi connectivity index (χ4n) is 3.99. The summed E-state index contributed by atoms with van der Waals surface area (Å²) < 4.78 is 31.4. The van der Waals surface area contributed by atoms with Gasteiger partial charge in [0.05, 0.1) is 17.4 Å². The summed E-state index contributed by atoms with van der Waals surface area (Å²) in [4.78, 5) is 35.1. The van der Waals surface area contributed by atoms with E-state index < -0.39 is 15.4 Å². The number of methoxy groups -OCH3 is 1. The first-order valence-electron chi connectivity index (χ1n) is 12.5. The Morgan fingerprint density at radius 3 is 2.00 bits per heavy atom. The number of nitrogens with one attached hydrogen (secondary N) is 1. The van der Waals surface area contributed by atoms with Crippen LogP contribution in [-0.4, -0.2) is 69.2 Å². The molecule has 1 aliphatic heterocycles. The van der Waals surface area contributed by atoms with Crippen LogP contribution in [0.2, 0.25) is 0 Å². The van der Waals surface area contributed by atoms with E-state index in [1.165, 1.54) is 18.3 Å². The number of rotatable bonds is 8. The highest BCUT2D eigenvalue weighted by atomic mass is 32.2. The Hall–Kier alpha value is -3.24. The fraction of sp³-hybridized carbons (Fsp3) is 0.464. The molecule has 2 aromatic rings. The van der Waals surface area contributed by atoms with Crippen LogP contribution in [0.5, 0.6) is 0 Å². The van der Waals surface area contributed by atoms with Crippen LogP contribution in [0.3, 0.4) is 0 Å². The molecule has 0 spiro atoms. The summed E-state index contributed by atoms with van der Waals surface area (Å²) in [6, 6.07) is 14.6. The molecule has 3 rings (SSSR count). The van der Waals surface area contributed by atoms with Gasteiger partial charge in [0.2, 0.25) is 22.3 Å². The smallest absolute Gasteiger partial charge is 0.315 e. The zero-order chi connectivity index (χ0) is 28.5. The first kappa shape index (κ1) is 31.0. The number of carbonyl (C=O) groups excluding carboxylic acids is 3. The molecule has 10 heteroatoms. The van der Waals surface area contributed by atoms with E-state index in [0.717, 1.165) is 16.7 Å². The molecule has 0 atom stereocenters. The average molecular weight is 546 g/mol. The number of piperazine rings is 1. The molecule has 2 amide bonds. The van der Waals surface area contributed by atoms with Gasteiger partial charge in [-0.1, -0.05) is 50.2 Å². The zero-order valence-electron chi connectivity index (χ0n) is 23.1. The molecule has 208 valence electrons. The lowest BCUT2D eigenvalue weighted by atomic mass is 9.84. The topological polar surface area (TPSA) is 113 Å². The van der Waals surface area contributed by atoms with Crippen LogP contribution < -0.4 is 5.32 Å². The van der Waals surface area contributed by atoms with Crippen LogP contribution in [0.4, 0.5) is 0 Å². The summed E-state index contributed by atoms with van der Waals surface area (Å²) in [5.41, 5.74) is 2.34. The lowest BCUT2D eigenvalue weighted by Crippen LogP contribution is -2.49. The maximum absolute atomic E-state index is 12.6. The summed E-state index contributed by atoms with van der Waals surface area (Å²) in [5, 5.41) is 2.58. The Bertz CT molecular complexity index is 1180. The van der Waals surface area contributed by atoms with Crippen molar-refractivity contribution in [3.63, 3.8) is 0 Å². The van der Waals surface area contributed by atoms with E-state index in [2.05, 4.69) is 19.2 Å². The molecule has 0 aliphatic carbocycles. The van der Waals surface area contributed by atoms with E-state index in [1.807, 2.05) is 50.2 Å². The molecule has 0 saturated carbocycles. The zero-order valence-corrected chi connectivity index (χ0v) is 23.9. The van der Waals surface area contributed by atoms with Crippen molar-refractivity contribution in [1.29, 1.82) is 0 Å². The van der Waals surface area contributed by atoms with Gasteiger partial charge in [-0.25, -0.2) is 8.42 Å². The van der Waals surface area contributed by atoms with Crippen LogP contribution in [0.15, 0.2) is 53.4 Å². The van der Waals surface area contributed by atoms with E-state index in [0.29, 0.717) is 49.9 Å². The molecule has 2 aromatic carbocycles. The van der Waals surface area contributed by atoms with Gasteiger partial charge in [0.25, 0.3) is 0 Å². The lowest BCUT2D eigenvalue weighted by molar-refractivity contribution is -0.146. The number of hydrogen-bond donors (Lipinski definition) is 1. The van der Waals surface area contributed by atoms with Crippen molar-refractivity contribution in [1.82, 2.24) is 14.5 Å². The predicted octanol–water partition coefficient (Wildman–Crippen LogP) is 3.05. The second-order valence-corrected chi connectivity index (χ2v) is 11.9. The largest absolute Gasteiger partial charge is 0.468 e. The van der Waals surface area contributed by atoms with Crippen LogP contribution in [-0.2, 0) is 41.1 Å². The van der Waals surface area contributed by atoms with Crippen molar-refractivity contribution >= 4 is 28.3 Å². The summed E-state index contributed by atoms with van der Waals surface area (Å²) in [7, 11) is -2.08. The Balaban J connectivity index is 0.000000273.